The van der Waals surface area contributed by atoms with Crippen LogP contribution in [-0.2, 0) is 0 Å². The highest BCUT2D eigenvalue weighted by molar-refractivity contribution is 5.97. The van der Waals surface area contributed by atoms with Gasteiger partial charge in [0.2, 0.25) is 0 Å². The number of amidine groups is 1. The average Bonchev–Trinajstić information content (AvgIpc) is 2.99. The lowest BCUT2D eigenvalue weighted by molar-refractivity contribution is -0.486. The van der Waals surface area contributed by atoms with Crippen LogP contribution in [0.15, 0.2) is 35.4 Å². The molecule has 0 N–H and O–H groups in total. The first-order valence-corrected chi connectivity index (χ1v) is 10.3. The van der Waals surface area contributed by atoms with Gasteiger partial charge < -0.3 is 0 Å². The van der Waals surface area contributed by atoms with E-state index < -0.39 is 11.6 Å². The van der Waals surface area contributed by atoms with Gasteiger partial charge in [0.15, 0.2) is 0 Å². The minimum absolute atomic E-state index is 0.134. The quantitative estimate of drug-likeness (QED) is 0.408. The first-order chi connectivity index (χ1) is 13.7. The minimum Gasteiger partial charge on any atom is -0.260 e. The fraction of sp³-hybridized carbons (Fsp3) is 0.542. The molecule has 1 unspecified atom stereocenters. The zero-order chi connectivity index (χ0) is 22.1. The second kappa shape index (κ2) is 11.8. The van der Waals surface area contributed by atoms with E-state index in [2.05, 4.69) is 13.0 Å². The number of alkyl halides is 1. The number of halogens is 3. The van der Waals surface area contributed by atoms with Gasteiger partial charge in [-0.2, -0.15) is 0 Å². The summed E-state index contributed by atoms with van der Waals surface area (Å²) < 4.78 is 41.7. The molecule has 0 radical (unpaired) electrons. The molecule has 29 heavy (non-hydrogen) atoms. The van der Waals surface area contributed by atoms with Crippen molar-refractivity contribution >= 4 is 5.84 Å². The summed E-state index contributed by atoms with van der Waals surface area (Å²) in [6, 6.07) is 2.45. The van der Waals surface area contributed by atoms with E-state index in [-0.39, 0.29) is 12.6 Å². The topological polar surface area (TPSA) is 6.25 Å². The van der Waals surface area contributed by atoms with Gasteiger partial charge in [0.25, 0.3) is 5.84 Å². The van der Waals surface area contributed by atoms with Gasteiger partial charge >= 0.3 is 0 Å². The zero-order valence-corrected chi connectivity index (χ0v) is 19.0. The summed E-state index contributed by atoms with van der Waals surface area (Å²) in [6.07, 6.45) is 5.83. The summed E-state index contributed by atoms with van der Waals surface area (Å²) >= 11 is 0. The second-order valence-corrected chi connectivity index (χ2v) is 7.81. The lowest BCUT2D eigenvalue weighted by atomic mass is 9.92. The summed E-state index contributed by atoms with van der Waals surface area (Å²) in [5.74, 6) is 0.0225. The highest BCUT2D eigenvalue weighted by Crippen LogP contribution is 2.28. The number of rotatable bonds is 6. The van der Waals surface area contributed by atoms with Crippen LogP contribution in [0.1, 0.15) is 64.5 Å². The maximum Gasteiger partial charge on any atom is 0.282 e. The Morgan fingerprint density at radius 2 is 1.90 bits per heavy atom. The lowest BCUT2D eigenvalue weighted by Crippen LogP contribution is -2.28. The Morgan fingerprint density at radius 3 is 2.38 bits per heavy atom. The molecule has 1 aliphatic heterocycles. The summed E-state index contributed by atoms with van der Waals surface area (Å²) in [7, 11) is 3.89. The largest absolute Gasteiger partial charge is 0.282 e. The van der Waals surface area contributed by atoms with Crippen molar-refractivity contribution in [2.75, 3.05) is 33.9 Å². The Bertz CT molecular complexity index is 779. The molecular formula is C24H36F3N2+. The number of likely N-dealkylation sites (N-methyl/N-ethyl adjacent to an activating group) is 2. The fourth-order valence-electron chi connectivity index (χ4n) is 3.43. The zero-order valence-electron chi connectivity index (χ0n) is 19.0. The van der Waals surface area contributed by atoms with Crippen molar-refractivity contribution in [3.63, 3.8) is 0 Å². The molecule has 1 atom stereocenters. The van der Waals surface area contributed by atoms with Crippen LogP contribution in [0.4, 0.5) is 13.2 Å². The van der Waals surface area contributed by atoms with Crippen LogP contribution in [0.5, 0.6) is 0 Å². The van der Waals surface area contributed by atoms with Crippen molar-refractivity contribution in [2.45, 2.75) is 53.4 Å². The summed E-state index contributed by atoms with van der Waals surface area (Å²) in [4.78, 5) is 2.03. The smallest absolute Gasteiger partial charge is 0.260 e. The van der Waals surface area contributed by atoms with E-state index >= 15 is 0 Å². The number of allylic oxidation sites excluding steroid dienone is 4. The molecule has 0 saturated heterocycles. The van der Waals surface area contributed by atoms with E-state index in [1.165, 1.54) is 6.07 Å². The maximum absolute atomic E-state index is 14.3. The predicted molar refractivity (Wildman–Crippen MR) is 117 cm³/mol. The van der Waals surface area contributed by atoms with E-state index in [0.717, 1.165) is 54.5 Å². The van der Waals surface area contributed by atoms with E-state index in [4.69, 9.17) is 0 Å². The Kier molecular flexibility index (Phi) is 10.2. The molecule has 0 amide bonds. The Morgan fingerprint density at radius 1 is 1.24 bits per heavy atom. The molecule has 0 fully saturated rings. The minimum atomic E-state index is -0.500. The molecule has 2 rings (SSSR count). The molecule has 0 bridgehead atoms. The van der Waals surface area contributed by atoms with Crippen LogP contribution in [0.3, 0.4) is 0 Å². The molecule has 0 spiro atoms. The number of nitrogens with zero attached hydrogens (tertiary/aromatic N) is 2. The SMILES string of the molecule is CC/C=C(C)\C=C(\C)CF.CCC(C)c1cc(F)cc(F)c1C1=[N+](C)CCN1C. The monoisotopic (exact) mass is 409 g/mol. The van der Waals surface area contributed by atoms with E-state index in [1.807, 2.05) is 50.4 Å². The van der Waals surface area contributed by atoms with Crippen molar-refractivity contribution in [3.8, 4) is 0 Å². The highest BCUT2D eigenvalue weighted by atomic mass is 19.1. The molecule has 162 valence electrons. The van der Waals surface area contributed by atoms with Crippen LogP contribution in [0.25, 0.3) is 0 Å². The van der Waals surface area contributed by atoms with Gasteiger partial charge in [0.05, 0.1) is 14.1 Å². The molecule has 1 aromatic carbocycles. The molecule has 1 aliphatic rings. The lowest BCUT2D eigenvalue weighted by Gasteiger charge is -2.17. The van der Waals surface area contributed by atoms with Crippen molar-refractivity contribution in [1.29, 1.82) is 0 Å². The highest BCUT2D eigenvalue weighted by Gasteiger charge is 2.32. The van der Waals surface area contributed by atoms with Gasteiger partial charge in [0.1, 0.15) is 37.0 Å². The Labute approximate surface area is 174 Å². The standard InChI is InChI=1S/C15H21F2N2.C9H15F/c1-5-10(2)12-8-11(16)9-13(17)14(12)15-18(3)6-7-19(15)4;1-4-5-8(2)6-9(3)7-10/h8-10H,5-7H2,1-4H3;5-6H,4,7H2,1-3H3/q+1;/b;8-5-,9-6-. The normalized spacial score (nSPS) is 16.1. The Balaban J connectivity index is 0.000000359. The van der Waals surface area contributed by atoms with Crippen LogP contribution >= 0.6 is 0 Å². The van der Waals surface area contributed by atoms with E-state index in [0.29, 0.717) is 5.56 Å². The first-order valence-electron chi connectivity index (χ1n) is 10.3. The Hall–Kier alpha value is -2.04. The van der Waals surface area contributed by atoms with Crippen LogP contribution in [-0.4, -0.2) is 49.2 Å². The fourth-order valence-corrected chi connectivity index (χ4v) is 3.43. The molecular weight excluding hydrogens is 373 g/mol. The van der Waals surface area contributed by atoms with Crippen molar-refractivity contribution in [3.05, 3.63) is 58.2 Å². The second-order valence-electron chi connectivity index (χ2n) is 7.81. The van der Waals surface area contributed by atoms with Gasteiger partial charge in [-0.25, -0.2) is 13.2 Å². The van der Waals surface area contributed by atoms with Crippen molar-refractivity contribution in [2.24, 2.45) is 0 Å². The van der Waals surface area contributed by atoms with Crippen LogP contribution in [0.2, 0.25) is 0 Å². The third kappa shape index (κ3) is 7.06. The van der Waals surface area contributed by atoms with Crippen LogP contribution < -0.4 is 0 Å². The van der Waals surface area contributed by atoms with Gasteiger partial charge in [-0.3, -0.25) is 9.48 Å². The van der Waals surface area contributed by atoms with Crippen molar-refractivity contribution in [1.82, 2.24) is 4.90 Å². The third-order valence-electron chi connectivity index (χ3n) is 5.16. The van der Waals surface area contributed by atoms with Gasteiger partial charge in [-0.15, -0.1) is 0 Å². The van der Waals surface area contributed by atoms with Gasteiger partial charge in [0, 0.05) is 6.07 Å². The number of hydrogen-bond acceptors (Lipinski definition) is 1. The van der Waals surface area contributed by atoms with Gasteiger partial charge in [-0.05, 0) is 49.8 Å². The molecule has 5 heteroatoms. The third-order valence-corrected chi connectivity index (χ3v) is 5.16. The van der Waals surface area contributed by atoms with E-state index in [9.17, 15) is 13.2 Å². The maximum atomic E-state index is 14.3. The molecule has 0 saturated carbocycles. The predicted octanol–water partition coefficient (Wildman–Crippen LogP) is 6.07. The average molecular weight is 410 g/mol. The molecule has 0 aromatic heterocycles. The molecule has 1 aromatic rings. The summed E-state index contributed by atoms with van der Waals surface area (Å²) in [5.41, 5.74) is 3.26. The molecule has 1 heterocycles. The number of hydrogen-bond donors (Lipinski definition) is 0. The summed E-state index contributed by atoms with van der Waals surface area (Å²) in [6.45, 7) is 11.3. The van der Waals surface area contributed by atoms with Crippen LogP contribution in [0, 0.1) is 11.6 Å². The van der Waals surface area contributed by atoms with Gasteiger partial charge in [-0.1, -0.05) is 38.5 Å². The number of benzene rings is 1. The van der Waals surface area contributed by atoms with E-state index in [1.54, 1.807) is 6.92 Å². The van der Waals surface area contributed by atoms with Crippen molar-refractivity contribution < 1.29 is 17.7 Å². The summed E-state index contributed by atoms with van der Waals surface area (Å²) in [5, 5.41) is 0. The molecule has 0 aliphatic carbocycles. The first kappa shape index (κ1) is 25.0. The molecule has 2 nitrogen and oxygen atoms in total.